The normalized spacial score (nSPS) is 18.0. The van der Waals surface area contributed by atoms with Crippen molar-refractivity contribution >= 4 is 21.9 Å². The molecule has 1 saturated carbocycles. The van der Waals surface area contributed by atoms with Crippen molar-refractivity contribution in [1.29, 1.82) is 5.41 Å². The maximum atomic E-state index is 13.3. The van der Waals surface area contributed by atoms with Crippen LogP contribution >= 0.6 is 0 Å². The van der Waals surface area contributed by atoms with Crippen LogP contribution in [0, 0.1) is 5.41 Å². The highest BCUT2D eigenvalue weighted by Gasteiger charge is 2.38. The first-order valence-electron chi connectivity index (χ1n) is 12.7. The van der Waals surface area contributed by atoms with Crippen molar-refractivity contribution in [2.75, 3.05) is 33.7 Å². The molecule has 0 bridgehead atoms. The third-order valence-electron chi connectivity index (χ3n) is 7.17. The van der Waals surface area contributed by atoms with E-state index in [0.717, 1.165) is 36.8 Å². The summed E-state index contributed by atoms with van der Waals surface area (Å²) >= 11 is 0. The second-order valence-corrected chi connectivity index (χ2v) is 11.7. The number of amides is 1. The molecule has 36 heavy (non-hydrogen) atoms. The fourth-order valence-corrected chi connectivity index (χ4v) is 6.63. The zero-order chi connectivity index (χ0) is 25.7. The quantitative estimate of drug-likeness (QED) is 0.539. The first-order valence-corrected chi connectivity index (χ1v) is 14.2. The van der Waals surface area contributed by atoms with E-state index in [1.54, 1.807) is 24.3 Å². The predicted octanol–water partition coefficient (Wildman–Crippen LogP) is 3.22. The molecule has 2 fully saturated rings. The van der Waals surface area contributed by atoms with Crippen LogP contribution in [0.2, 0.25) is 0 Å². The van der Waals surface area contributed by atoms with Crippen LogP contribution in [0.3, 0.4) is 0 Å². The highest BCUT2D eigenvalue weighted by molar-refractivity contribution is 7.89. The number of hydrogen-bond donors (Lipinski definition) is 2. The van der Waals surface area contributed by atoms with Crippen LogP contribution in [0.5, 0.6) is 0 Å². The monoisotopic (exact) mass is 511 g/mol. The molecule has 1 aliphatic carbocycles. The third-order valence-corrected chi connectivity index (χ3v) is 8.98. The van der Waals surface area contributed by atoms with Gasteiger partial charge in [0.15, 0.2) is 0 Å². The van der Waals surface area contributed by atoms with E-state index in [9.17, 15) is 13.2 Å². The first-order chi connectivity index (χ1) is 17.3. The van der Waals surface area contributed by atoms with E-state index in [0.29, 0.717) is 26.1 Å². The number of nitrogens with zero attached hydrogens (tertiary/aromatic N) is 3. The van der Waals surface area contributed by atoms with E-state index < -0.39 is 10.0 Å². The third kappa shape index (κ3) is 5.73. The van der Waals surface area contributed by atoms with Crippen molar-refractivity contribution in [2.24, 2.45) is 0 Å². The fraction of sp³-hybridized carbons (Fsp3) is 0.481. The Morgan fingerprint density at radius 1 is 1.03 bits per heavy atom. The summed E-state index contributed by atoms with van der Waals surface area (Å²) < 4.78 is 27.8. The summed E-state index contributed by atoms with van der Waals surface area (Å²) in [6, 6.07) is 16.4. The Bertz CT molecular complexity index is 1150. The van der Waals surface area contributed by atoms with Gasteiger partial charge in [0.1, 0.15) is 6.04 Å². The van der Waals surface area contributed by atoms with Gasteiger partial charge in [-0.2, -0.15) is 0 Å². The Balaban J connectivity index is 1.34. The maximum absolute atomic E-state index is 13.3. The van der Waals surface area contributed by atoms with E-state index >= 15 is 0 Å². The average molecular weight is 512 g/mol. The second-order valence-electron chi connectivity index (χ2n) is 9.85. The minimum atomic E-state index is -3.77. The van der Waals surface area contributed by atoms with E-state index in [4.69, 9.17) is 5.41 Å². The molecule has 1 unspecified atom stereocenters. The molecular formula is C27H37N5O3S. The Kier molecular flexibility index (Phi) is 8.31. The van der Waals surface area contributed by atoms with E-state index in [2.05, 4.69) is 5.32 Å². The summed E-state index contributed by atoms with van der Waals surface area (Å²) in [5.74, 6) is 0.0306. The minimum Gasteiger partial charge on any atom is -0.354 e. The maximum Gasteiger partial charge on any atom is 0.266 e. The molecule has 0 radical (unpaired) electrons. The van der Waals surface area contributed by atoms with Gasteiger partial charge in [0.25, 0.3) is 10.0 Å². The molecular weight excluding hydrogens is 474 g/mol. The minimum absolute atomic E-state index is 0.0690. The van der Waals surface area contributed by atoms with Crippen molar-refractivity contribution in [1.82, 2.24) is 19.4 Å². The van der Waals surface area contributed by atoms with Gasteiger partial charge < -0.3 is 10.2 Å². The summed E-state index contributed by atoms with van der Waals surface area (Å²) in [4.78, 5) is 16.9. The molecule has 0 aromatic heterocycles. The number of rotatable bonds is 9. The molecule has 1 amide bonds. The van der Waals surface area contributed by atoms with Crippen LogP contribution in [0.15, 0.2) is 59.5 Å². The van der Waals surface area contributed by atoms with Crippen molar-refractivity contribution in [2.45, 2.75) is 55.5 Å². The number of benzene rings is 2. The molecule has 2 aliphatic rings. The molecule has 1 atom stereocenters. The molecule has 2 N–H and O–H groups in total. The highest BCUT2D eigenvalue weighted by atomic mass is 32.2. The lowest BCUT2D eigenvalue weighted by atomic mass is 9.94. The number of hydrogen-bond acceptors (Lipinski definition) is 5. The highest BCUT2D eigenvalue weighted by Crippen LogP contribution is 2.28. The molecule has 194 valence electrons. The van der Waals surface area contributed by atoms with Gasteiger partial charge in [0.2, 0.25) is 11.9 Å². The number of nitrogens with one attached hydrogen (secondary N) is 2. The largest absolute Gasteiger partial charge is 0.354 e. The van der Waals surface area contributed by atoms with Gasteiger partial charge in [-0.3, -0.25) is 15.1 Å². The van der Waals surface area contributed by atoms with Gasteiger partial charge in [-0.15, -0.1) is 0 Å². The Hall–Kier alpha value is -2.91. The van der Waals surface area contributed by atoms with E-state index in [1.165, 1.54) is 10.7 Å². The van der Waals surface area contributed by atoms with Gasteiger partial charge in [-0.05, 0) is 56.6 Å². The second kappa shape index (κ2) is 11.4. The summed E-state index contributed by atoms with van der Waals surface area (Å²) in [7, 11) is -0.0101. The molecule has 4 rings (SSSR count). The molecule has 2 aromatic rings. The van der Waals surface area contributed by atoms with Gasteiger partial charge in [0, 0.05) is 19.1 Å². The van der Waals surface area contributed by atoms with Crippen LogP contribution in [0.4, 0.5) is 0 Å². The molecule has 9 heteroatoms. The fourth-order valence-electron chi connectivity index (χ4n) is 5.24. The summed E-state index contributed by atoms with van der Waals surface area (Å²) in [6.45, 7) is 1.35. The van der Waals surface area contributed by atoms with Crippen molar-refractivity contribution in [3.8, 4) is 0 Å². The van der Waals surface area contributed by atoms with Crippen LogP contribution < -0.4 is 5.32 Å². The topological polar surface area (TPSA) is 96.8 Å². The number of likely N-dealkylation sites (N-methyl/N-ethyl adjacent to an activating group) is 1. The number of carbonyl (C=O) groups excluding carboxylic acids is 1. The SMILES string of the molecule is CN(C)C(C(=O)NCCc1ccc(S(=O)(=O)N2CCN(C3CCCCC3)C2=N)cc1)c1ccccc1. The van der Waals surface area contributed by atoms with E-state index in [-0.39, 0.29) is 28.8 Å². The molecule has 2 aromatic carbocycles. The van der Waals surface area contributed by atoms with Crippen molar-refractivity contribution in [3.05, 3.63) is 65.7 Å². The summed E-state index contributed by atoms with van der Waals surface area (Å²) in [5.41, 5.74) is 1.87. The Labute approximate surface area is 214 Å². The zero-order valence-corrected chi connectivity index (χ0v) is 22.0. The van der Waals surface area contributed by atoms with Crippen LogP contribution in [0.1, 0.15) is 49.3 Å². The van der Waals surface area contributed by atoms with Gasteiger partial charge >= 0.3 is 0 Å². The van der Waals surface area contributed by atoms with Gasteiger partial charge in [-0.25, -0.2) is 12.7 Å². The van der Waals surface area contributed by atoms with Gasteiger partial charge in [-0.1, -0.05) is 61.7 Å². The molecule has 1 aliphatic heterocycles. The van der Waals surface area contributed by atoms with Crippen LogP contribution in [-0.2, 0) is 21.2 Å². The van der Waals surface area contributed by atoms with Gasteiger partial charge in [0.05, 0.1) is 11.4 Å². The lowest BCUT2D eigenvalue weighted by Gasteiger charge is -2.32. The Morgan fingerprint density at radius 2 is 1.69 bits per heavy atom. The van der Waals surface area contributed by atoms with E-state index in [1.807, 2.05) is 54.2 Å². The molecule has 8 nitrogen and oxygen atoms in total. The number of carbonyl (C=O) groups is 1. The molecule has 0 spiro atoms. The summed E-state index contributed by atoms with van der Waals surface area (Å²) in [5, 5.41) is 11.5. The molecule has 1 saturated heterocycles. The zero-order valence-electron chi connectivity index (χ0n) is 21.2. The molecule has 1 heterocycles. The number of sulfonamides is 1. The van der Waals surface area contributed by atoms with Crippen molar-refractivity contribution < 1.29 is 13.2 Å². The Morgan fingerprint density at radius 3 is 2.33 bits per heavy atom. The van der Waals surface area contributed by atoms with Crippen molar-refractivity contribution in [3.63, 3.8) is 0 Å². The standard InChI is InChI=1S/C27H37N5O3S/c1-30(2)25(22-9-5-3-6-10-22)26(33)29-18-17-21-13-15-24(16-14-21)36(34,35)32-20-19-31(27(32)28)23-11-7-4-8-12-23/h3,5-6,9-10,13-16,23,25,28H,4,7-8,11-12,17-20H2,1-2H3,(H,29,33). The van der Waals surface area contributed by atoms with Crippen LogP contribution in [-0.4, -0.2) is 74.2 Å². The first kappa shape index (κ1) is 26.2. The predicted molar refractivity (Wildman–Crippen MR) is 141 cm³/mol. The average Bonchev–Trinajstić information content (AvgIpc) is 3.27. The van der Waals surface area contributed by atoms with Crippen LogP contribution in [0.25, 0.3) is 0 Å². The number of guanidine groups is 1. The lowest BCUT2D eigenvalue weighted by Crippen LogP contribution is -2.42. The summed E-state index contributed by atoms with van der Waals surface area (Å²) in [6.07, 6.45) is 6.16. The smallest absolute Gasteiger partial charge is 0.266 e. The lowest BCUT2D eigenvalue weighted by molar-refractivity contribution is -0.125.